The molecule has 0 saturated carbocycles. The molecule has 100 valence electrons. The fraction of sp³-hybridized carbons (Fsp3) is 0.133. The van der Waals surface area contributed by atoms with Crippen LogP contribution < -0.4 is 10.6 Å². The second-order valence-electron chi connectivity index (χ2n) is 4.34. The Kier molecular flexibility index (Phi) is 3.96. The van der Waals surface area contributed by atoms with Gasteiger partial charge in [-0.3, -0.25) is 9.78 Å². The maximum Gasteiger partial charge on any atom is 0.232 e. The highest BCUT2D eigenvalue weighted by molar-refractivity contribution is 5.95. The Hall–Kier alpha value is -2.87. The SMILES string of the molecule is CN(C(=O)Cc1ccc(N)cn1)c1ccccc1C#N. The van der Waals surface area contributed by atoms with Gasteiger partial charge in [-0.25, -0.2) is 0 Å². The molecule has 2 rings (SSSR count). The molecule has 20 heavy (non-hydrogen) atoms. The molecule has 1 amide bonds. The molecule has 1 heterocycles. The number of nitriles is 1. The summed E-state index contributed by atoms with van der Waals surface area (Å²) >= 11 is 0. The van der Waals surface area contributed by atoms with E-state index >= 15 is 0 Å². The number of anilines is 2. The molecule has 0 aliphatic carbocycles. The van der Waals surface area contributed by atoms with Gasteiger partial charge in [-0.05, 0) is 24.3 Å². The van der Waals surface area contributed by atoms with Crippen LogP contribution in [0.25, 0.3) is 0 Å². The first-order valence-corrected chi connectivity index (χ1v) is 6.08. The summed E-state index contributed by atoms with van der Waals surface area (Å²) in [7, 11) is 1.65. The summed E-state index contributed by atoms with van der Waals surface area (Å²) in [6, 6.07) is 12.5. The van der Waals surface area contributed by atoms with Crippen LogP contribution in [-0.4, -0.2) is 17.9 Å². The summed E-state index contributed by atoms with van der Waals surface area (Å²) in [4.78, 5) is 17.8. The van der Waals surface area contributed by atoms with Gasteiger partial charge in [-0.15, -0.1) is 0 Å². The molecule has 0 aliphatic rings. The summed E-state index contributed by atoms with van der Waals surface area (Å²) < 4.78 is 0. The number of nitrogens with zero attached hydrogens (tertiary/aromatic N) is 3. The fourth-order valence-corrected chi connectivity index (χ4v) is 1.81. The molecule has 5 heteroatoms. The maximum absolute atomic E-state index is 12.2. The molecule has 2 aromatic rings. The first-order chi connectivity index (χ1) is 9.61. The molecule has 0 fully saturated rings. The van der Waals surface area contributed by atoms with Crippen molar-refractivity contribution in [2.45, 2.75) is 6.42 Å². The van der Waals surface area contributed by atoms with Crippen LogP contribution in [0, 0.1) is 11.3 Å². The van der Waals surface area contributed by atoms with Crippen molar-refractivity contribution in [3.05, 3.63) is 53.9 Å². The van der Waals surface area contributed by atoms with E-state index in [1.54, 1.807) is 43.4 Å². The number of para-hydroxylation sites is 1. The number of likely N-dealkylation sites (N-methyl/N-ethyl adjacent to an activating group) is 1. The smallest absolute Gasteiger partial charge is 0.232 e. The molecule has 0 unspecified atom stereocenters. The van der Waals surface area contributed by atoms with Crippen LogP contribution in [-0.2, 0) is 11.2 Å². The van der Waals surface area contributed by atoms with Crippen molar-refractivity contribution in [3.8, 4) is 6.07 Å². The molecule has 0 radical (unpaired) electrons. The molecule has 1 aromatic carbocycles. The van der Waals surface area contributed by atoms with E-state index < -0.39 is 0 Å². The van der Waals surface area contributed by atoms with Crippen LogP contribution in [0.5, 0.6) is 0 Å². The highest BCUT2D eigenvalue weighted by Gasteiger charge is 2.15. The summed E-state index contributed by atoms with van der Waals surface area (Å²) in [6.07, 6.45) is 1.68. The first kappa shape index (κ1) is 13.6. The molecule has 0 aliphatic heterocycles. The van der Waals surface area contributed by atoms with Crippen molar-refractivity contribution < 1.29 is 4.79 Å². The van der Waals surface area contributed by atoms with Gasteiger partial charge < -0.3 is 10.6 Å². The highest BCUT2D eigenvalue weighted by atomic mass is 16.2. The third kappa shape index (κ3) is 2.93. The Morgan fingerprint density at radius 1 is 1.35 bits per heavy atom. The van der Waals surface area contributed by atoms with E-state index in [1.807, 2.05) is 0 Å². The Morgan fingerprint density at radius 3 is 2.75 bits per heavy atom. The van der Waals surface area contributed by atoms with Crippen molar-refractivity contribution in [2.24, 2.45) is 0 Å². The Labute approximate surface area is 117 Å². The number of pyridine rings is 1. The molecule has 1 aromatic heterocycles. The minimum atomic E-state index is -0.134. The van der Waals surface area contributed by atoms with Crippen molar-refractivity contribution in [1.29, 1.82) is 5.26 Å². The van der Waals surface area contributed by atoms with Crippen LogP contribution in [0.3, 0.4) is 0 Å². The van der Waals surface area contributed by atoms with Gasteiger partial charge >= 0.3 is 0 Å². The monoisotopic (exact) mass is 266 g/mol. The molecule has 0 saturated heterocycles. The van der Waals surface area contributed by atoms with Gasteiger partial charge in [0.15, 0.2) is 0 Å². The first-order valence-electron chi connectivity index (χ1n) is 6.08. The largest absolute Gasteiger partial charge is 0.397 e. The van der Waals surface area contributed by atoms with Crippen LogP contribution in [0.15, 0.2) is 42.6 Å². The number of carbonyl (C=O) groups excluding carboxylic acids is 1. The lowest BCUT2D eigenvalue weighted by molar-refractivity contribution is -0.117. The number of amides is 1. The molecular weight excluding hydrogens is 252 g/mol. The zero-order chi connectivity index (χ0) is 14.5. The Balaban J connectivity index is 2.17. The standard InChI is InChI=1S/C15H14N4O/c1-19(14-5-3-2-4-11(14)9-16)15(20)8-13-7-6-12(17)10-18-13/h2-7,10H,8,17H2,1H3. The minimum Gasteiger partial charge on any atom is -0.397 e. The number of carbonyl (C=O) groups is 1. The third-order valence-electron chi connectivity index (χ3n) is 2.94. The van der Waals surface area contributed by atoms with E-state index in [0.717, 1.165) is 0 Å². The predicted octanol–water partition coefficient (Wildman–Crippen LogP) is 1.74. The van der Waals surface area contributed by atoms with Crippen molar-refractivity contribution >= 4 is 17.3 Å². The van der Waals surface area contributed by atoms with Gasteiger partial charge in [0, 0.05) is 12.7 Å². The number of nitrogens with two attached hydrogens (primary N) is 1. The maximum atomic E-state index is 12.2. The lowest BCUT2D eigenvalue weighted by Crippen LogP contribution is -2.28. The van der Waals surface area contributed by atoms with Crippen LogP contribution in [0.1, 0.15) is 11.3 Å². The number of benzene rings is 1. The van der Waals surface area contributed by atoms with Gasteiger partial charge in [0.1, 0.15) is 6.07 Å². The zero-order valence-electron chi connectivity index (χ0n) is 11.1. The van der Waals surface area contributed by atoms with E-state index in [2.05, 4.69) is 11.1 Å². The third-order valence-corrected chi connectivity index (χ3v) is 2.94. The molecular formula is C15H14N4O. The zero-order valence-corrected chi connectivity index (χ0v) is 11.1. The summed E-state index contributed by atoms with van der Waals surface area (Å²) in [5.41, 5.74) is 7.82. The number of hydrogen-bond donors (Lipinski definition) is 1. The second-order valence-corrected chi connectivity index (χ2v) is 4.34. The highest BCUT2D eigenvalue weighted by Crippen LogP contribution is 2.19. The van der Waals surface area contributed by atoms with E-state index in [4.69, 9.17) is 11.0 Å². The van der Waals surface area contributed by atoms with Crippen LogP contribution >= 0.6 is 0 Å². The Bertz CT molecular complexity index is 658. The molecule has 5 nitrogen and oxygen atoms in total. The summed E-state index contributed by atoms with van der Waals surface area (Å²) in [5.74, 6) is -0.134. The van der Waals surface area contributed by atoms with E-state index in [1.165, 1.54) is 11.1 Å². The van der Waals surface area contributed by atoms with Gasteiger partial charge in [0.25, 0.3) is 0 Å². The van der Waals surface area contributed by atoms with Gasteiger partial charge in [0.05, 0.1) is 29.6 Å². The van der Waals surface area contributed by atoms with Crippen molar-refractivity contribution in [1.82, 2.24) is 4.98 Å². The number of hydrogen-bond acceptors (Lipinski definition) is 4. The lowest BCUT2D eigenvalue weighted by Gasteiger charge is -2.18. The molecule has 0 spiro atoms. The average molecular weight is 266 g/mol. The van der Waals surface area contributed by atoms with E-state index in [0.29, 0.717) is 22.6 Å². The normalized spacial score (nSPS) is 9.80. The molecule has 2 N–H and O–H groups in total. The van der Waals surface area contributed by atoms with Crippen LogP contribution in [0.2, 0.25) is 0 Å². The minimum absolute atomic E-state index is 0.134. The second kappa shape index (κ2) is 5.85. The van der Waals surface area contributed by atoms with Gasteiger partial charge in [-0.2, -0.15) is 5.26 Å². The van der Waals surface area contributed by atoms with E-state index in [9.17, 15) is 4.79 Å². The predicted molar refractivity (Wildman–Crippen MR) is 76.9 cm³/mol. The van der Waals surface area contributed by atoms with Crippen molar-refractivity contribution in [3.63, 3.8) is 0 Å². The number of aromatic nitrogens is 1. The quantitative estimate of drug-likeness (QED) is 0.917. The van der Waals surface area contributed by atoms with Crippen LogP contribution in [0.4, 0.5) is 11.4 Å². The average Bonchev–Trinajstić information content (AvgIpc) is 2.48. The van der Waals surface area contributed by atoms with Gasteiger partial charge in [-0.1, -0.05) is 12.1 Å². The summed E-state index contributed by atoms with van der Waals surface area (Å²) in [6.45, 7) is 0. The van der Waals surface area contributed by atoms with Gasteiger partial charge in [0.2, 0.25) is 5.91 Å². The number of rotatable bonds is 3. The summed E-state index contributed by atoms with van der Waals surface area (Å²) in [5, 5.41) is 9.06. The molecule has 0 atom stereocenters. The Morgan fingerprint density at radius 2 is 2.10 bits per heavy atom. The van der Waals surface area contributed by atoms with E-state index in [-0.39, 0.29) is 12.3 Å². The number of nitrogen functional groups attached to an aromatic ring is 1. The van der Waals surface area contributed by atoms with Crippen molar-refractivity contribution in [2.75, 3.05) is 17.7 Å². The topological polar surface area (TPSA) is 83.0 Å². The fourth-order valence-electron chi connectivity index (χ4n) is 1.81. The molecule has 0 bridgehead atoms. The lowest BCUT2D eigenvalue weighted by atomic mass is 10.1.